The fraction of sp³-hybridized carbons (Fsp3) is 0.625. The molecule has 0 aliphatic carbocycles. The molecule has 20 heavy (non-hydrogen) atoms. The molecular weight excluding hydrogens is 270 g/mol. The Morgan fingerprint density at radius 3 is 2.95 bits per heavy atom. The molecule has 3 nitrogen and oxygen atoms in total. The van der Waals surface area contributed by atoms with Crippen molar-refractivity contribution >= 4 is 11.3 Å². The molecule has 4 heteroatoms. The van der Waals surface area contributed by atoms with Crippen LogP contribution in [-0.2, 0) is 11.3 Å². The molecule has 110 valence electrons. The van der Waals surface area contributed by atoms with Crippen LogP contribution < -0.4 is 0 Å². The summed E-state index contributed by atoms with van der Waals surface area (Å²) in [6.45, 7) is 6.29. The van der Waals surface area contributed by atoms with Crippen LogP contribution in [0.1, 0.15) is 36.6 Å². The number of nitrogens with zero attached hydrogens (tertiary/aromatic N) is 1. The molecule has 1 aliphatic heterocycles. The fourth-order valence-electron chi connectivity index (χ4n) is 2.44. The maximum atomic E-state index is 8.71. The summed E-state index contributed by atoms with van der Waals surface area (Å²) in [5.74, 6) is 6.05. The van der Waals surface area contributed by atoms with Crippen LogP contribution in [-0.4, -0.2) is 42.4 Å². The maximum Gasteiger partial charge on any atom is 0.0599 e. The van der Waals surface area contributed by atoms with Crippen LogP contribution >= 0.6 is 11.3 Å². The molecule has 2 rings (SSSR count). The lowest BCUT2D eigenvalue weighted by molar-refractivity contribution is 0.0127. The number of rotatable bonds is 5. The van der Waals surface area contributed by atoms with E-state index >= 15 is 0 Å². The Kier molecular flexibility index (Phi) is 6.55. The minimum absolute atomic E-state index is 0.138. The first-order chi connectivity index (χ1) is 9.81. The van der Waals surface area contributed by atoms with Crippen LogP contribution in [0.4, 0.5) is 0 Å². The van der Waals surface area contributed by atoms with Crippen molar-refractivity contribution in [3.05, 3.63) is 21.9 Å². The van der Waals surface area contributed by atoms with Gasteiger partial charge >= 0.3 is 0 Å². The number of piperidine rings is 1. The molecule has 1 aromatic heterocycles. The lowest BCUT2D eigenvalue weighted by atomic mass is 10.1. The molecule has 0 amide bonds. The van der Waals surface area contributed by atoms with Crippen molar-refractivity contribution in [1.82, 2.24) is 4.90 Å². The number of likely N-dealkylation sites (tertiary alicyclic amines) is 1. The Labute approximate surface area is 125 Å². The summed E-state index contributed by atoms with van der Waals surface area (Å²) < 4.78 is 5.68. The van der Waals surface area contributed by atoms with Crippen molar-refractivity contribution in [2.45, 2.75) is 38.8 Å². The van der Waals surface area contributed by atoms with Gasteiger partial charge in [0.25, 0.3) is 0 Å². The lowest BCUT2D eigenvalue weighted by Gasteiger charge is -2.31. The van der Waals surface area contributed by atoms with Crippen molar-refractivity contribution in [3.63, 3.8) is 0 Å². The number of hydrogen-bond donors (Lipinski definition) is 1. The molecule has 0 aromatic carbocycles. The van der Waals surface area contributed by atoms with Gasteiger partial charge in [-0.1, -0.05) is 11.8 Å². The highest BCUT2D eigenvalue weighted by molar-refractivity contribution is 7.10. The van der Waals surface area contributed by atoms with Gasteiger partial charge in [-0.25, -0.2) is 0 Å². The molecule has 1 saturated heterocycles. The summed E-state index contributed by atoms with van der Waals surface area (Å²) in [7, 11) is 0. The Morgan fingerprint density at radius 1 is 1.45 bits per heavy atom. The van der Waals surface area contributed by atoms with E-state index in [-0.39, 0.29) is 6.61 Å². The van der Waals surface area contributed by atoms with Gasteiger partial charge in [0, 0.05) is 48.5 Å². The van der Waals surface area contributed by atoms with Crippen LogP contribution in [0.3, 0.4) is 0 Å². The van der Waals surface area contributed by atoms with Crippen LogP contribution in [0.5, 0.6) is 0 Å². The monoisotopic (exact) mass is 293 g/mol. The maximum absolute atomic E-state index is 8.71. The Bertz CT molecular complexity index is 453. The molecule has 0 saturated carbocycles. The second-order valence-corrected chi connectivity index (χ2v) is 6.00. The summed E-state index contributed by atoms with van der Waals surface area (Å²) in [6, 6.07) is 2.17. The Hall–Kier alpha value is -0.860. The number of aliphatic hydroxyl groups is 1. The number of thiophene rings is 1. The van der Waals surface area contributed by atoms with Crippen molar-refractivity contribution in [2.24, 2.45) is 0 Å². The van der Waals surface area contributed by atoms with Crippen molar-refractivity contribution < 1.29 is 9.84 Å². The highest BCUT2D eigenvalue weighted by Gasteiger charge is 2.19. The first-order valence-electron chi connectivity index (χ1n) is 7.33. The van der Waals surface area contributed by atoms with Gasteiger partial charge in [-0.2, -0.15) is 0 Å². The molecule has 1 N–H and O–H groups in total. The predicted molar refractivity (Wildman–Crippen MR) is 82.8 cm³/mol. The summed E-state index contributed by atoms with van der Waals surface area (Å²) in [4.78, 5) is 3.86. The number of ether oxygens (including phenoxy) is 1. The second-order valence-electron chi connectivity index (χ2n) is 5.01. The molecular formula is C16H23NO2S. The number of hydrogen-bond acceptors (Lipinski definition) is 4. The van der Waals surface area contributed by atoms with E-state index in [4.69, 9.17) is 9.84 Å². The molecule has 0 radical (unpaired) electrons. The standard InChI is InChI=1S/C16H23NO2S/c1-2-19-15-6-8-17(9-7-15)12-16-11-14(13-20-16)5-3-4-10-18/h11,13,15,18H,2,4,6-10,12H2,1H3. The minimum Gasteiger partial charge on any atom is -0.395 e. The van der Waals surface area contributed by atoms with Crippen molar-refractivity contribution in [2.75, 3.05) is 26.3 Å². The van der Waals surface area contributed by atoms with Gasteiger partial charge in [-0.05, 0) is 25.8 Å². The average molecular weight is 293 g/mol. The third kappa shape index (κ3) is 4.92. The van der Waals surface area contributed by atoms with Gasteiger partial charge in [-0.3, -0.25) is 4.90 Å². The van der Waals surface area contributed by atoms with E-state index in [0.29, 0.717) is 12.5 Å². The third-order valence-electron chi connectivity index (χ3n) is 3.44. The zero-order chi connectivity index (χ0) is 14.2. The van der Waals surface area contributed by atoms with Crippen molar-refractivity contribution in [1.29, 1.82) is 0 Å². The van der Waals surface area contributed by atoms with Gasteiger partial charge in [-0.15, -0.1) is 11.3 Å². The summed E-state index contributed by atoms with van der Waals surface area (Å²) in [6.07, 6.45) is 3.29. The van der Waals surface area contributed by atoms with Gasteiger partial charge in [0.15, 0.2) is 0 Å². The van der Waals surface area contributed by atoms with Crippen LogP contribution in [0.2, 0.25) is 0 Å². The van der Waals surface area contributed by atoms with Gasteiger partial charge in [0.05, 0.1) is 12.7 Å². The van der Waals surface area contributed by atoms with E-state index in [2.05, 4.69) is 35.1 Å². The summed E-state index contributed by atoms with van der Waals surface area (Å²) in [5.41, 5.74) is 1.07. The third-order valence-corrected chi connectivity index (χ3v) is 4.36. The largest absolute Gasteiger partial charge is 0.395 e. The van der Waals surface area contributed by atoms with E-state index in [1.807, 2.05) is 0 Å². The highest BCUT2D eigenvalue weighted by Crippen LogP contribution is 2.20. The average Bonchev–Trinajstić information content (AvgIpc) is 2.89. The zero-order valence-corrected chi connectivity index (χ0v) is 12.9. The first kappa shape index (κ1) is 15.5. The fourth-order valence-corrected chi connectivity index (χ4v) is 3.30. The molecule has 0 atom stereocenters. The molecule has 1 fully saturated rings. The van der Waals surface area contributed by atoms with E-state index in [0.717, 1.165) is 44.6 Å². The van der Waals surface area contributed by atoms with E-state index < -0.39 is 0 Å². The smallest absolute Gasteiger partial charge is 0.0599 e. The Balaban J connectivity index is 1.79. The number of aliphatic hydroxyl groups excluding tert-OH is 1. The summed E-state index contributed by atoms with van der Waals surface area (Å²) in [5, 5.41) is 10.8. The van der Waals surface area contributed by atoms with E-state index in [1.165, 1.54) is 4.88 Å². The molecule has 1 aromatic rings. The second kappa shape index (κ2) is 8.43. The highest BCUT2D eigenvalue weighted by atomic mass is 32.1. The Morgan fingerprint density at radius 2 is 2.25 bits per heavy atom. The van der Waals surface area contributed by atoms with Crippen LogP contribution in [0.25, 0.3) is 0 Å². The zero-order valence-electron chi connectivity index (χ0n) is 12.1. The predicted octanol–water partition coefficient (Wildman–Crippen LogP) is 2.48. The van der Waals surface area contributed by atoms with Crippen molar-refractivity contribution in [3.8, 4) is 11.8 Å². The normalized spacial score (nSPS) is 16.9. The molecule has 0 unspecified atom stereocenters. The van der Waals surface area contributed by atoms with E-state index in [9.17, 15) is 0 Å². The molecule has 0 spiro atoms. The van der Waals surface area contributed by atoms with Crippen LogP contribution in [0.15, 0.2) is 11.4 Å². The first-order valence-corrected chi connectivity index (χ1v) is 8.21. The quantitative estimate of drug-likeness (QED) is 0.847. The molecule has 2 heterocycles. The molecule has 1 aliphatic rings. The van der Waals surface area contributed by atoms with Crippen LogP contribution in [0, 0.1) is 11.8 Å². The van der Waals surface area contributed by atoms with Gasteiger partial charge in [0.2, 0.25) is 0 Å². The van der Waals surface area contributed by atoms with E-state index in [1.54, 1.807) is 11.3 Å². The topological polar surface area (TPSA) is 32.7 Å². The van der Waals surface area contributed by atoms with Gasteiger partial charge in [0.1, 0.15) is 0 Å². The minimum atomic E-state index is 0.138. The SMILES string of the molecule is CCOC1CCN(Cc2cc(C#CCCO)cs2)CC1. The lowest BCUT2D eigenvalue weighted by Crippen LogP contribution is -2.36. The molecule has 0 bridgehead atoms. The summed E-state index contributed by atoms with van der Waals surface area (Å²) >= 11 is 1.77. The van der Waals surface area contributed by atoms with Gasteiger partial charge < -0.3 is 9.84 Å².